The quantitative estimate of drug-likeness (QED) is 0.289. The van der Waals surface area contributed by atoms with Gasteiger partial charge in [-0.3, -0.25) is 19.7 Å². The molecule has 2 N–H and O–H groups in total. The number of amides is 2. The molecule has 1 aromatic heterocycles. The van der Waals surface area contributed by atoms with E-state index < -0.39 is 29.3 Å². The molecule has 0 fully saturated rings. The summed E-state index contributed by atoms with van der Waals surface area (Å²) in [5.41, 5.74) is 0.0489. The van der Waals surface area contributed by atoms with E-state index >= 15 is 0 Å². The van der Waals surface area contributed by atoms with Crippen LogP contribution in [0.5, 0.6) is 0 Å². The van der Waals surface area contributed by atoms with Gasteiger partial charge in [-0.25, -0.2) is 4.79 Å². The lowest BCUT2D eigenvalue weighted by molar-refractivity contribution is -0.384. The smallest absolute Gasteiger partial charge is 0.340 e. The van der Waals surface area contributed by atoms with E-state index in [1.54, 1.807) is 17.5 Å². The van der Waals surface area contributed by atoms with Gasteiger partial charge >= 0.3 is 5.97 Å². The lowest BCUT2D eigenvalue weighted by Gasteiger charge is -2.11. The first-order valence-electron chi connectivity index (χ1n) is 9.09. The molecule has 0 radical (unpaired) electrons. The molecule has 2 aromatic carbocycles. The molecule has 0 aliphatic rings. The molecule has 0 unspecified atom stereocenters. The van der Waals surface area contributed by atoms with Crippen LogP contribution in [0, 0.1) is 21.4 Å². The molecule has 0 spiro atoms. The number of hydrogen-bond acceptors (Lipinski definition) is 8. The number of hydrogen-bond donors (Lipinski definition) is 2. The third-order valence-corrected chi connectivity index (χ3v) is 5.32. The van der Waals surface area contributed by atoms with Crippen molar-refractivity contribution in [3.05, 3.63) is 85.7 Å². The molecule has 0 aliphatic heterocycles. The van der Waals surface area contributed by atoms with E-state index in [1.165, 1.54) is 24.3 Å². The van der Waals surface area contributed by atoms with Gasteiger partial charge in [-0.2, -0.15) is 5.26 Å². The third kappa shape index (κ3) is 5.70. The first-order chi connectivity index (χ1) is 15.8. The maximum absolute atomic E-state index is 12.6. The predicted molar refractivity (Wildman–Crippen MR) is 120 cm³/mol. The molecular formula is C21H13ClN4O6S. The average Bonchev–Trinajstić information content (AvgIpc) is 3.24. The minimum atomic E-state index is -0.873. The summed E-state index contributed by atoms with van der Waals surface area (Å²) in [7, 11) is 0. The molecule has 1 heterocycles. The van der Waals surface area contributed by atoms with Gasteiger partial charge in [-0.05, 0) is 29.6 Å². The summed E-state index contributed by atoms with van der Waals surface area (Å²) in [6, 6.07) is 12.8. The van der Waals surface area contributed by atoms with Crippen LogP contribution < -0.4 is 10.6 Å². The fourth-order valence-electron chi connectivity index (χ4n) is 2.63. The number of benzene rings is 2. The van der Waals surface area contributed by atoms with Crippen LogP contribution in [0.3, 0.4) is 0 Å². The van der Waals surface area contributed by atoms with Gasteiger partial charge in [-0.15, -0.1) is 11.3 Å². The highest BCUT2D eigenvalue weighted by molar-refractivity contribution is 7.14. The van der Waals surface area contributed by atoms with Crippen LogP contribution in [0.25, 0.3) is 0 Å². The molecular weight excluding hydrogens is 472 g/mol. The van der Waals surface area contributed by atoms with Crippen molar-refractivity contribution in [2.45, 2.75) is 0 Å². The number of rotatable bonds is 7. The predicted octanol–water partition coefficient (Wildman–Crippen LogP) is 4.23. The van der Waals surface area contributed by atoms with E-state index in [1.807, 2.05) is 6.07 Å². The Balaban J connectivity index is 1.68. The summed E-state index contributed by atoms with van der Waals surface area (Å²) in [5, 5.41) is 26.6. The van der Waals surface area contributed by atoms with Crippen molar-refractivity contribution < 1.29 is 24.0 Å². The first-order valence-corrected chi connectivity index (χ1v) is 10.3. The third-order valence-electron chi connectivity index (χ3n) is 4.18. The summed E-state index contributed by atoms with van der Waals surface area (Å²) in [5.74, 6) is -2.21. The van der Waals surface area contributed by atoms with Crippen LogP contribution in [0.4, 0.5) is 16.4 Å². The van der Waals surface area contributed by atoms with Gasteiger partial charge in [-0.1, -0.05) is 23.7 Å². The number of esters is 1. The van der Waals surface area contributed by atoms with Gasteiger partial charge in [0.2, 0.25) is 0 Å². The fourth-order valence-corrected chi connectivity index (χ4v) is 3.64. The van der Waals surface area contributed by atoms with Crippen LogP contribution in [-0.4, -0.2) is 29.3 Å². The van der Waals surface area contributed by atoms with E-state index in [2.05, 4.69) is 10.6 Å². The maximum atomic E-state index is 12.6. The molecule has 166 valence electrons. The Hall–Kier alpha value is -4.27. The van der Waals surface area contributed by atoms with Crippen molar-refractivity contribution >= 4 is 57.1 Å². The van der Waals surface area contributed by atoms with Crippen molar-refractivity contribution in [1.82, 2.24) is 0 Å². The van der Waals surface area contributed by atoms with Crippen LogP contribution in [0.15, 0.2) is 53.9 Å². The Bertz CT molecular complexity index is 1300. The number of nitro benzene ring substituents is 1. The summed E-state index contributed by atoms with van der Waals surface area (Å²) in [6.45, 7) is -0.613. The molecule has 0 aliphatic carbocycles. The Morgan fingerprint density at radius 1 is 1.12 bits per heavy atom. The van der Waals surface area contributed by atoms with Gasteiger partial charge in [0, 0.05) is 12.1 Å². The molecule has 0 saturated carbocycles. The Kier molecular flexibility index (Phi) is 7.34. The van der Waals surface area contributed by atoms with Gasteiger partial charge in [0.05, 0.1) is 32.3 Å². The van der Waals surface area contributed by atoms with Crippen LogP contribution >= 0.6 is 22.9 Å². The fraction of sp³-hybridized carbons (Fsp3) is 0.0476. The Morgan fingerprint density at radius 3 is 2.58 bits per heavy atom. The van der Waals surface area contributed by atoms with Crippen LogP contribution in [-0.2, 0) is 9.53 Å². The van der Waals surface area contributed by atoms with E-state index in [9.17, 15) is 24.5 Å². The topological polar surface area (TPSA) is 151 Å². The molecule has 0 saturated heterocycles. The summed E-state index contributed by atoms with van der Waals surface area (Å²) < 4.78 is 5.02. The summed E-state index contributed by atoms with van der Waals surface area (Å²) in [4.78, 5) is 47.3. The van der Waals surface area contributed by atoms with Crippen LogP contribution in [0.2, 0.25) is 5.02 Å². The number of carbonyl (C=O) groups excluding carboxylic acids is 3. The second-order valence-corrected chi connectivity index (χ2v) is 7.64. The van der Waals surface area contributed by atoms with E-state index in [0.717, 1.165) is 23.5 Å². The van der Waals surface area contributed by atoms with Crippen LogP contribution in [0.1, 0.15) is 26.3 Å². The minimum Gasteiger partial charge on any atom is -0.452 e. The highest BCUT2D eigenvalue weighted by Crippen LogP contribution is 2.25. The van der Waals surface area contributed by atoms with E-state index in [0.29, 0.717) is 5.00 Å². The van der Waals surface area contributed by atoms with Gasteiger partial charge in [0.15, 0.2) is 6.61 Å². The van der Waals surface area contributed by atoms with E-state index in [-0.39, 0.29) is 33.1 Å². The summed E-state index contributed by atoms with van der Waals surface area (Å²) in [6.07, 6.45) is 0. The molecule has 0 bridgehead atoms. The van der Waals surface area contributed by atoms with Crippen molar-refractivity contribution in [2.75, 3.05) is 17.2 Å². The number of ether oxygens (including phenoxy) is 1. The minimum absolute atomic E-state index is 0.0227. The highest BCUT2D eigenvalue weighted by Gasteiger charge is 2.19. The highest BCUT2D eigenvalue weighted by atomic mass is 35.5. The number of nitrogens with zero attached hydrogens (tertiary/aromatic N) is 2. The van der Waals surface area contributed by atoms with Crippen molar-refractivity contribution in [3.63, 3.8) is 0 Å². The van der Waals surface area contributed by atoms with Gasteiger partial charge in [0.25, 0.3) is 17.5 Å². The standard InChI is InChI=1S/C21H13ClN4O6S/c22-16-9-13(26(30)31)5-6-14(16)19(28)24-17-4-2-1-3-15(17)21(29)32-11-18(27)25-20-12(10-23)7-8-33-20/h1-9H,11H2,(H,24,28)(H,25,27). The second-order valence-electron chi connectivity index (χ2n) is 6.32. The number of nitro groups is 1. The normalized spacial score (nSPS) is 10.1. The zero-order valence-corrected chi connectivity index (χ0v) is 18.1. The zero-order chi connectivity index (χ0) is 24.0. The molecule has 3 rings (SSSR count). The molecule has 0 atom stereocenters. The number of nitriles is 1. The molecule has 3 aromatic rings. The monoisotopic (exact) mass is 484 g/mol. The summed E-state index contributed by atoms with van der Waals surface area (Å²) >= 11 is 7.13. The van der Waals surface area contributed by atoms with Gasteiger partial charge < -0.3 is 15.4 Å². The number of thiophene rings is 1. The van der Waals surface area contributed by atoms with Gasteiger partial charge in [0.1, 0.15) is 11.1 Å². The zero-order valence-electron chi connectivity index (χ0n) is 16.5. The molecule has 2 amide bonds. The SMILES string of the molecule is N#Cc1ccsc1NC(=O)COC(=O)c1ccccc1NC(=O)c1ccc([N+](=O)[O-])cc1Cl. The number of halogens is 1. The Morgan fingerprint density at radius 2 is 1.88 bits per heavy atom. The van der Waals surface area contributed by atoms with Crippen molar-refractivity contribution in [3.8, 4) is 6.07 Å². The second kappa shape index (κ2) is 10.4. The molecule has 10 nitrogen and oxygen atoms in total. The molecule has 33 heavy (non-hydrogen) atoms. The number of non-ortho nitro benzene ring substituents is 1. The molecule has 12 heteroatoms. The number of anilines is 2. The lowest BCUT2D eigenvalue weighted by atomic mass is 10.1. The number of carbonyl (C=O) groups is 3. The number of nitrogens with one attached hydrogen (secondary N) is 2. The average molecular weight is 485 g/mol. The van der Waals surface area contributed by atoms with Crippen molar-refractivity contribution in [1.29, 1.82) is 5.26 Å². The maximum Gasteiger partial charge on any atom is 0.340 e. The largest absolute Gasteiger partial charge is 0.452 e. The lowest BCUT2D eigenvalue weighted by Crippen LogP contribution is -2.22. The number of para-hydroxylation sites is 1. The van der Waals surface area contributed by atoms with Crippen molar-refractivity contribution in [2.24, 2.45) is 0 Å². The first kappa shape index (κ1) is 23.4. The van der Waals surface area contributed by atoms with E-state index in [4.69, 9.17) is 21.6 Å². The Labute approximate surface area is 195 Å².